The van der Waals surface area contributed by atoms with Crippen LogP contribution in [0.4, 0.5) is 0 Å². The molecule has 0 aliphatic carbocycles. The second-order valence-electron chi connectivity index (χ2n) is 7.45. The molecule has 2 nitrogen and oxygen atoms in total. The van der Waals surface area contributed by atoms with Crippen molar-refractivity contribution in [2.45, 2.75) is 81.1 Å². The Morgan fingerprint density at radius 1 is 1.04 bits per heavy atom. The van der Waals surface area contributed by atoms with E-state index in [1.165, 1.54) is 30.4 Å². The first-order chi connectivity index (χ1) is 10.7. The third kappa shape index (κ3) is 9.63. The number of hydrogen-bond acceptors (Lipinski definition) is 2. The molecular formula is C21H38O2. The van der Waals surface area contributed by atoms with E-state index in [0.29, 0.717) is 12.5 Å². The Morgan fingerprint density at radius 3 is 2.17 bits per heavy atom. The van der Waals surface area contributed by atoms with Crippen LogP contribution in [0.3, 0.4) is 0 Å². The van der Waals surface area contributed by atoms with Crippen molar-refractivity contribution in [1.82, 2.24) is 0 Å². The topological polar surface area (TPSA) is 26.3 Å². The number of ether oxygens (including phenoxy) is 1. The quantitative estimate of drug-likeness (QED) is 0.267. The van der Waals surface area contributed by atoms with Crippen molar-refractivity contribution in [2.75, 3.05) is 6.61 Å². The number of carbonyl (C=O) groups excluding carboxylic acids is 1. The molecule has 0 fully saturated rings. The molecule has 0 N–H and O–H groups in total. The Bertz CT molecular complexity index is 416. The molecule has 0 spiro atoms. The zero-order valence-electron chi connectivity index (χ0n) is 16.7. The Labute approximate surface area is 144 Å². The van der Waals surface area contributed by atoms with E-state index in [1.54, 1.807) is 6.08 Å². The molecule has 0 bridgehead atoms. The lowest BCUT2D eigenvalue weighted by atomic mass is 9.88. The van der Waals surface area contributed by atoms with Gasteiger partial charge in [0.25, 0.3) is 0 Å². The molecule has 2 atom stereocenters. The highest BCUT2D eigenvalue weighted by Gasteiger charge is 2.10. The molecule has 0 heterocycles. The first kappa shape index (κ1) is 21.9. The van der Waals surface area contributed by atoms with Gasteiger partial charge in [-0.05, 0) is 63.0 Å². The van der Waals surface area contributed by atoms with E-state index in [4.69, 9.17) is 4.74 Å². The summed E-state index contributed by atoms with van der Waals surface area (Å²) in [6, 6.07) is 0. The molecule has 0 rings (SSSR count). The van der Waals surface area contributed by atoms with Gasteiger partial charge < -0.3 is 4.74 Å². The van der Waals surface area contributed by atoms with E-state index in [-0.39, 0.29) is 5.97 Å². The smallest absolute Gasteiger partial charge is 0.331 e. The van der Waals surface area contributed by atoms with Gasteiger partial charge in [0, 0.05) is 6.08 Å². The van der Waals surface area contributed by atoms with Crippen molar-refractivity contribution in [3.63, 3.8) is 0 Å². The number of carbonyl (C=O) groups is 1. The summed E-state index contributed by atoms with van der Waals surface area (Å²) in [6.07, 6.45) is 6.63. The summed E-state index contributed by atoms with van der Waals surface area (Å²) in [5, 5.41) is 0. The number of rotatable bonds is 10. The summed E-state index contributed by atoms with van der Waals surface area (Å²) in [7, 11) is 0. The minimum atomic E-state index is -0.243. The maximum absolute atomic E-state index is 11.5. The largest absolute Gasteiger partial charge is 0.463 e. The molecule has 0 amide bonds. The maximum Gasteiger partial charge on any atom is 0.331 e. The van der Waals surface area contributed by atoms with E-state index in [2.05, 4.69) is 41.5 Å². The molecule has 0 radical (unpaired) electrons. The van der Waals surface area contributed by atoms with Crippen LogP contribution >= 0.6 is 0 Å². The summed E-state index contributed by atoms with van der Waals surface area (Å²) in [4.78, 5) is 11.5. The van der Waals surface area contributed by atoms with Crippen molar-refractivity contribution in [3.8, 4) is 0 Å². The Morgan fingerprint density at radius 2 is 1.65 bits per heavy atom. The number of hydrogen-bond donors (Lipinski definition) is 0. The van der Waals surface area contributed by atoms with Crippen molar-refractivity contribution < 1.29 is 9.53 Å². The van der Waals surface area contributed by atoms with Crippen molar-refractivity contribution in [1.29, 1.82) is 0 Å². The highest BCUT2D eigenvalue weighted by atomic mass is 16.5. The van der Waals surface area contributed by atoms with Crippen LogP contribution in [0.2, 0.25) is 0 Å². The average Bonchev–Trinajstić information content (AvgIpc) is 2.45. The zero-order chi connectivity index (χ0) is 18.0. The summed E-state index contributed by atoms with van der Waals surface area (Å²) < 4.78 is 4.98. The second-order valence-corrected chi connectivity index (χ2v) is 7.45. The fourth-order valence-electron chi connectivity index (χ4n) is 2.71. The van der Waals surface area contributed by atoms with Crippen LogP contribution in [0.5, 0.6) is 0 Å². The lowest BCUT2D eigenvalue weighted by Crippen LogP contribution is -2.05. The van der Waals surface area contributed by atoms with Gasteiger partial charge in [0.05, 0.1) is 6.61 Å². The molecule has 0 aliphatic heterocycles. The van der Waals surface area contributed by atoms with Gasteiger partial charge in [-0.15, -0.1) is 0 Å². The van der Waals surface area contributed by atoms with Crippen LogP contribution < -0.4 is 0 Å². The van der Waals surface area contributed by atoms with E-state index in [9.17, 15) is 4.79 Å². The monoisotopic (exact) mass is 322 g/mol. The van der Waals surface area contributed by atoms with Crippen molar-refractivity contribution in [3.05, 3.63) is 22.8 Å². The standard InChI is InChI=1S/C21H38O2/c1-9-23-21(22)14-19(7)20(8)18(6)13-16(4)11-10-12-17(5)15(2)3/h14-17H,9-13H2,1-8H3. The molecule has 134 valence electrons. The number of esters is 1. The molecule has 23 heavy (non-hydrogen) atoms. The van der Waals surface area contributed by atoms with Crippen LogP contribution in [0.25, 0.3) is 0 Å². The lowest BCUT2D eigenvalue weighted by molar-refractivity contribution is -0.137. The molecule has 0 aromatic heterocycles. The summed E-state index contributed by atoms with van der Waals surface area (Å²) in [5.41, 5.74) is 3.62. The normalized spacial score (nSPS) is 16.1. The molecule has 0 aliphatic rings. The number of allylic oxidation sites excluding steroid dienone is 3. The molecule has 0 saturated heterocycles. The highest BCUT2D eigenvalue weighted by Crippen LogP contribution is 2.25. The highest BCUT2D eigenvalue weighted by molar-refractivity contribution is 5.83. The van der Waals surface area contributed by atoms with Crippen LogP contribution in [0, 0.1) is 17.8 Å². The van der Waals surface area contributed by atoms with Crippen LogP contribution in [0.1, 0.15) is 81.1 Å². The second kappa shape index (κ2) is 11.5. The summed E-state index contributed by atoms with van der Waals surface area (Å²) in [6.45, 7) is 17.8. The fourth-order valence-corrected chi connectivity index (χ4v) is 2.71. The lowest BCUT2D eigenvalue weighted by Gasteiger charge is -2.18. The van der Waals surface area contributed by atoms with Gasteiger partial charge in [0.2, 0.25) is 0 Å². The molecule has 2 heteroatoms. The van der Waals surface area contributed by atoms with Crippen LogP contribution in [0.15, 0.2) is 22.8 Å². The predicted octanol–water partition coefficient (Wildman–Crippen LogP) is 6.32. The predicted molar refractivity (Wildman–Crippen MR) is 100 cm³/mol. The first-order valence-corrected chi connectivity index (χ1v) is 9.20. The van der Waals surface area contributed by atoms with Gasteiger partial charge in [-0.25, -0.2) is 4.79 Å². The Balaban J connectivity index is 4.47. The van der Waals surface area contributed by atoms with E-state index >= 15 is 0 Å². The minimum Gasteiger partial charge on any atom is -0.463 e. The molecule has 0 aromatic carbocycles. The van der Waals surface area contributed by atoms with Gasteiger partial charge in [0.1, 0.15) is 0 Å². The van der Waals surface area contributed by atoms with Gasteiger partial charge in [-0.1, -0.05) is 52.5 Å². The SMILES string of the molecule is CCOC(=O)C=C(C)C(C)=C(C)CC(C)CCCC(C)C(C)C. The fraction of sp³-hybridized carbons (Fsp3) is 0.762. The third-order valence-electron chi connectivity index (χ3n) is 5.00. The van der Waals surface area contributed by atoms with Gasteiger partial charge in [-0.2, -0.15) is 0 Å². The Hall–Kier alpha value is -1.05. The van der Waals surface area contributed by atoms with Crippen LogP contribution in [-0.2, 0) is 9.53 Å². The summed E-state index contributed by atoms with van der Waals surface area (Å²) in [5.74, 6) is 2.05. The first-order valence-electron chi connectivity index (χ1n) is 9.20. The Kier molecular flexibility index (Phi) is 11.0. The molecule has 0 aromatic rings. The van der Waals surface area contributed by atoms with Gasteiger partial charge in [-0.3, -0.25) is 0 Å². The van der Waals surface area contributed by atoms with Gasteiger partial charge >= 0.3 is 5.97 Å². The maximum atomic E-state index is 11.5. The zero-order valence-corrected chi connectivity index (χ0v) is 16.7. The average molecular weight is 323 g/mol. The van der Waals surface area contributed by atoms with E-state index in [0.717, 1.165) is 23.8 Å². The van der Waals surface area contributed by atoms with Crippen molar-refractivity contribution in [2.24, 2.45) is 17.8 Å². The van der Waals surface area contributed by atoms with Gasteiger partial charge in [0.15, 0.2) is 0 Å². The molecule has 0 saturated carbocycles. The third-order valence-corrected chi connectivity index (χ3v) is 5.00. The molecular weight excluding hydrogens is 284 g/mol. The van der Waals surface area contributed by atoms with E-state index in [1.807, 2.05) is 13.8 Å². The van der Waals surface area contributed by atoms with Crippen molar-refractivity contribution >= 4 is 5.97 Å². The minimum absolute atomic E-state index is 0.243. The van der Waals surface area contributed by atoms with Crippen LogP contribution in [-0.4, -0.2) is 12.6 Å². The summed E-state index contributed by atoms with van der Waals surface area (Å²) >= 11 is 0. The molecule has 2 unspecified atom stereocenters. The van der Waals surface area contributed by atoms with E-state index < -0.39 is 0 Å².